The highest BCUT2D eigenvalue weighted by molar-refractivity contribution is 5.92. The summed E-state index contributed by atoms with van der Waals surface area (Å²) < 4.78 is 9.74. The van der Waals surface area contributed by atoms with Gasteiger partial charge in [-0.3, -0.25) is 0 Å². The molecule has 28 heavy (non-hydrogen) atoms. The maximum atomic E-state index is 11.9. The number of hydrogen-bond donors (Lipinski definition) is 4. The van der Waals surface area contributed by atoms with Crippen LogP contribution >= 0.6 is 0 Å². The van der Waals surface area contributed by atoms with Crippen LogP contribution in [0.15, 0.2) is 48.5 Å². The van der Waals surface area contributed by atoms with Gasteiger partial charge in [-0.2, -0.15) is 0 Å². The van der Waals surface area contributed by atoms with Crippen LogP contribution < -0.4 is 11.1 Å². The van der Waals surface area contributed by atoms with E-state index in [2.05, 4.69) is 10.1 Å². The van der Waals surface area contributed by atoms with Gasteiger partial charge in [-0.25, -0.2) is 9.59 Å². The SMILES string of the molecule is COC(=O)c1cc(N)ccc1C(O)C(O)CCNC(=O)OCc1ccccc1. The predicted octanol–water partition coefficient (Wildman–Crippen LogP) is 1.77. The third-order valence-electron chi connectivity index (χ3n) is 4.09. The van der Waals surface area contributed by atoms with Crippen LogP contribution in [0.2, 0.25) is 0 Å². The number of aliphatic hydroxyl groups excluding tert-OH is 2. The fourth-order valence-electron chi connectivity index (χ4n) is 2.58. The number of nitrogens with two attached hydrogens (primary N) is 1. The first-order valence-corrected chi connectivity index (χ1v) is 8.70. The third-order valence-corrected chi connectivity index (χ3v) is 4.09. The van der Waals surface area contributed by atoms with Crippen LogP contribution in [0.4, 0.5) is 10.5 Å². The molecule has 0 heterocycles. The lowest BCUT2D eigenvalue weighted by Gasteiger charge is -2.20. The average molecular weight is 388 g/mol. The maximum absolute atomic E-state index is 11.9. The Morgan fingerprint density at radius 2 is 1.86 bits per heavy atom. The number of methoxy groups -OCH3 is 1. The zero-order valence-electron chi connectivity index (χ0n) is 15.5. The van der Waals surface area contributed by atoms with Crippen molar-refractivity contribution < 1.29 is 29.3 Å². The van der Waals surface area contributed by atoms with Gasteiger partial charge in [0.05, 0.1) is 18.8 Å². The molecule has 0 saturated carbocycles. The number of esters is 1. The Bertz CT molecular complexity index is 797. The van der Waals surface area contributed by atoms with Gasteiger partial charge in [-0.05, 0) is 29.7 Å². The Morgan fingerprint density at radius 1 is 1.14 bits per heavy atom. The van der Waals surface area contributed by atoms with Gasteiger partial charge in [0.25, 0.3) is 0 Å². The average Bonchev–Trinajstić information content (AvgIpc) is 2.71. The molecule has 0 radical (unpaired) electrons. The van der Waals surface area contributed by atoms with E-state index in [1.54, 1.807) is 0 Å². The predicted molar refractivity (Wildman–Crippen MR) is 102 cm³/mol. The van der Waals surface area contributed by atoms with Crippen molar-refractivity contribution in [3.05, 3.63) is 65.2 Å². The van der Waals surface area contributed by atoms with E-state index in [4.69, 9.17) is 10.5 Å². The molecule has 0 fully saturated rings. The Balaban J connectivity index is 1.85. The summed E-state index contributed by atoms with van der Waals surface area (Å²) in [6, 6.07) is 13.5. The molecule has 0 spiro atoms. The molecule has 1 amide bonds. The summed E-state index contributed by atoms with van der Waals surface area (Å²) in [6.07, 6.45) is -3.15. The molecule has 8 nitrogen and oxygen atoms in total. The van der Waals surface area contributed by atoms with Crippen molar-refractivity contribution in [1.82, 2.24) is 5.32 Å². The van der Waals surface area contributed by atoms with Crippen LogP contribution in [0.5, 0.6) is 0 Å². The smallest absolute Gasteiger partial charge is 0.407 e. The van der Waals surface area contributed by atoms with Crippen molar-refractivity contribution >= 4 is 17.7 Å². The quantitative estimate of drug-likeness (QED) is 0.400. The minimum atomic E-state index is -1.35. The first-order valence-electron chi connectivity index (χ1n) is 8.70. The Morgan fingerprint density at radius 3 is 2.54 bits per heavy atom. The first kappa shape index (κ1) is 21.2. The number of benzene rings is 2. The molecule has 0 aliphatic rings. The fraction of sp³-hybridized carbons (Fsp3) is 0.300. The summed E-state index contributed by atoms with van der Waals surface area (Å²) in [7, 11) is 1.21. The van der Waals surface area contributed by atoms with Crippen molar-refractivity contribution in [3.63, 3.8) is 0 Å². The Labute approximate surface area is 162 Å². The van der Waals surface area contributed by atoms with Gasteiger partial charge in [0.1, 0.15) is 12.7 Å². The van der Waals surface area contributed by atoms with Gasteiger partial charge in [0, 0.05) is 12.2 Å². The van der Waals surface area contributed by atoms with E-state index in [1.807, 2.05) is 30.3 Å². The van der Waals surface area contributed by atoms with Gasteiger partial charge >= 0.3 is 12.1 Å². The molecule has 8 heteroatoms. The van der Waals surface area contributed by atoms with E-state index < -0.39 is 24.3 Å². The summed E-state index contributed by atoms with van der Waals surface area (Å²) >= 11 is 0. The van der Waals surface area contributed by atoms with E-state index in [-0.39, 0.29) is 30.7 Å². The topological polar surface area (TPSA) is 131 Å². The summed E-state index contributed by atoms with van der Waals surface area (Å²) in [4.78, 5) is 23.6. The highest BCUT2D eigenvalue weighted by Gasteiger charge is 2.24. The van der Waals surface area contributed by atoms with Crippen molar-refractivity contribution in [2.45, 2.75) is 25.2 Å². The number of nitrogens with one attached hydrogen (secondary N) is 1. The van der Waals surface area contributed by atoms with Crippen LogP contribution in [-0.2, 0) is 16.1 Å². The molecule has 0 aliphatic heterocycles. The van der Waals surface area contributed by atoms with E-state index >= 15 is 0 Å². The zero-order valence-corrected chi connectivity index (χ0v) is 15.5. The molecule has 0 saturated heterocycles. The van der Waals surface area contributed by atoms with Gasteiger partial charge in [-0.1, -0.05) is 36.4 Å². The first-order chi connectivity index (χ1) is 13.4. The Kier molecular flexibility index (Phi) is 7.79. The second kappa shape index (κ2) is 10.3. The van der Waals surface area contributed by atoms with Gasteiger partial charge in [-0.15, -0.1) is 0 Å². The number of aliphatic hydroxyl groups is 2. The summed E-state index contributed by atoms with van der Waals surface area (Å²) in [5, 5.41) is 23.1. The molecule has 5 N–H and O–H groups in total. The minimum Gasteiger partial charge on any atom is -0.465 e. The van der Waals surface area contributed by atoms with E-state index in [1.165, 1.54) is 25.3 Å². The molecular formula is C20H24N2O6. The summed E-state index contributed by atoms with van der Waals surface area (Å²) in [5.74, 6) is -0.670. The number of carbonyl (C=O) groups is 2. The zero-order chi connectivity index (χ0) is 20.5. The standard InChI is InChI=1S/C20H24N2O6/c1-27-19(25)16-11-14(21)7-8-15(16)18(24)17(23)9-10-22-20(26)28-12-13-5-3-2-4-6-13/h2-8,11,17-18,23-24H,9-10,12,21H2,1H3,(H,22,26). The number of ether oxygens (including phenoxy) is 2. The van der Waals surface area contributed by atoms with Gasteiger partial charge < -0.3 is 30.7 Å². The van der Waals surface area contributed by atoms with Crippen molar-refractivity contribution in [1.29, 1.82) is 0 Å². The second-order valence-corrected chi connectivity index (χ2v) is 6.13. The molecular weight excluding hydrogens is 364 g/mol. The summed E-state index contributed by atoms with van der Waals surface area (Å²) in [6.45, 7) is 0.208. The number of anilines is 1. The van der Waals surface area contributed by atoms with Gasteiger partial charge in [0.2, 0.25) is 0 Å². The lowest BCUT2D eigenvalue weighted by Crippen LogP contribution is -2.30. The number of nitrogen functional groups attached to an aromatic ring is 1. The van der Waals surface area contributed by atoms with E-state index in [0.717, 1.165) is 5.56 Å². The van der Waals surface area contributed by atoms with Crippen molar-refractivity contribution in [2.75, 3.05) is 19.4 Å². The molecule has 0 bridgehead atoms. The number of rotatable bonds is 8. The molecule has 0 aromatic heterocycles. The molecule has 150 valence electrons. The summed E-state index contributed by atoms with van der Waals surface area (Å²) in [5.41, 5.74) is 7.12. The van der Waals surface area contributed by atoms with Gasteiger partial charge in [0.15, 0.2) is 0 Å². The fourth-order valence-corrected chi connectivity index (χ4v) is 2.58. The van der Waals surface area contributed by atoms with Crippen molar-refractivity contribution in [2.24, 2.45) is 0 Å². The molecule has 2 aromatic carbocycles. The number of amides is 1. The number of carbonyl (C=O) groups excluding carboxylic acids is 2. The van der Waals surface area contributed by atoms with E-state index in [9.17, 15) is 19.8 Å². The Hall–Kier alpha value is -3.10. The van der Waals surface area contributed by atoms with Crippen LogP contribution in [0.3, 0.4) is 0 Å². The maximum Gasteiger partial charge on any atom is 0.407 e. The monoisotopic (exact) mass is 388 g/mol. The molecule has 2 atom stereocenters. The number of alkyl carbamates (subject to hydrolysis) is 1. The molecule has 0 aliphatic carbocycles. The lowest BCUT2D eigenvalue weighted by molar-refractivity contribution is 0.0125. The van der Waals surface area contributed by atoms with Crippen LogP contribution in [0, 0.1) is 0 Å². The highest BCUT2D eigenvalue weighted by Crippen LogP contribution is 2.25. The molecule has 2 aromatic rings. The second-order valence-electron chi connectivity index (χ2n) is 6.13. The van der Waals surface area contributed by atoms with Crippen LogP contribution in [0.25, 0.3) is 0 Å². The van der Waals surface area contributed by atoms with E-state index in [0.29, 0.717) is 5.69 Å². The molecule has 2 rings (SSSR count). The van der Waals surface area contributed by atoms with Crippen LogP contribution in [-0.4, -0.2) is 42.0 Å². The largest absolute Gasteiger partial charge is 0.465 e. The molecule has 2 unspecified atom stereocenters. The highest BCUT2D eigenvalue weighted by atomic mass is 16.5. The van der Waals surface area contributed by atoms with Crippen LogP contribution in [0.1, 0.15) is 34.0 Å². The third kappa shape index (κ3) is 5.97. The number of hydrogen-bond acceptors (Lipinski definition) is 7. The minimum absolute atomic E-state index is 0.0482. The normalized spacial score (nSPS) is 12.7. The van der Waals surface area contributed by atoms with Crippen molar-refractivity contribution in [3.8, 4) is 0 Å². The lowest BCUT2D eigenvalue weighted by atomic mass is 9.96.